The average molecular weight is 499 g/mol. The van der Waals surface area contributed by atoms with Crippen LogP contribution in [0.25, 0.3) is 0 Å². The second-order valence-electron chi connectivity index (χ2n) is 11.8. The molecule has 4 unspecified atom stereocenters. The predicted molar refractivity (Wildman–Crippen MR) is 163 cm³/mol. The van der Waals surface area contributed by atoms with Crippen LogP contribution in [0.3, 0.4) is 0 Å². The molecule has 0 aliphatic heterocycles. The quantitative estimate of drug-likeness (QED) is 0.304. The summed E-state index contributed by atoms with van der Waals surface area (Å²) >= 11 is 0. The van der Waals surface area contributed by atoms with Crippen LogP contribution in [0, 0.1) is 16.7 Å². The summed E-state index contributed by atoms with van der Waals surface area (Å²) in [4.78, 5) is 0. The molecule has 0 saturated heterocycles. The number of hydrogen-bond acceptors (Lipinski definition) is 0. The van der Waals surface area contributed by atoms with Gasteiger partial charge in [0.25, 0.3) is 0 Å². The topological polar surface area (TPSA) is 0 Å². The highest BCUT2D eigenvalue weighted by Gasteiger charge is 2.53. The largest absolute Gasteiger partial charge is 0.0805 e. The lowest BCUT2D eigenvalue weighted by molar-refractivity contribution is 0.202. The molecule has 3 aromatic rings. The molecule has 0 fully saturated rings. The Kier molecular flexibility index (Phi) is 7.44. The molecule has 0 radical (unpaired) electrons. The van der Waals surface area contributed by atoms with Gasteiger partial charge in [0.05, 0.1) is 0 Å². The van der Waals surface area contributed by atoms with Gasteiger partial charge < -0.3 is 0 Å². The van der Waals surface area contributed by atoms with E-state index in [-0.39, 0.29) is 10.8 Å². The van der Waals surface area contributed by atoms with Gasteiger partial charge in [-0.05, 0) is 79.4 Å². The van der Waals surface area contributed by atoms with E-state index in [4.69, 9.17) is 0 Å². The lowest BCUT2D eigenvalue weighted by Gasteiger charge is -2.55. The number of aryl methyl sites for hydroxylation is 1. The zero-order chi connectivity index (χ0) is 26.8. The number of hydrogen-bond donors (Lipinski definition) is 0. The van der Waals surface area contributed by atoms with Gasteiger partial charge in [0.1, 0.15) is 0 Å². The van der Waals surface area contributed by atoms with Crippen LogP contribution in [0.5, 0.6) is 0 Å². The molecule has 0 amide bonds. The average Bonchev–Trinajstić information content (AvgIpc) is 2.94. The van der Waals surface area contributed by atoms with Crippen LogP contribution in [0.4, 0.5) is 0 Å². The van der Waals surface area contributed by atoms with Crippen molar-refractivity contribution < 1.29 is 0 Å². The summed E-state index contributed by atoms with van der Waals surface area (Å²) in [5.74, 6) is 0.738. The minimum Gasteiger partial charge on any atom is -0.0805 e. The fourth-order valence-electron chi connectivity index (χ4n) is 7.46. The highest BCUT2D eigenvalue weighted by molar-refractivity contribution is 5.55. The third-order valence-electron chi connectivity index (χ3n) is 9.65. The second-order valence-corrected chi connectivity index (χ2v) is 11.8. The van der Waals surface area contributed by atoms with Crippen LogP contribution >= 0.6 is 0 Å². The van der Waals surface area contributed by atoms with E-state index in [1.54, 1.807) is 5.57 Å². The summed E-state index contributed by atoms with van der Waals surface area (Å²) in [6.07, 6.45) is 12.6. The van der Waals surface area contributed by atoms with E-state index in [0.29, 0.717) is 11.8 Å². The third-order valence-corrected chi connectivity index (χ3v) is 9.65. The summed E-state index contributed by atoms with van der Waals surface area (Å²) in [7, 11) is 0. The van der Waals surface area contributed by atoms with Gasteiger partial charge in [0, 0.05) is 16.7 Å². The first-order valence-corrected chi connectivity index (χ1v) is 14.3. The van der Waals surface area contributed by atoms with Crippen molar-refractivity contribution in [2.45, 2.75) is 59.8 Å². The van der Waals surface area contributed by atoms with Gasteiger partial charge in [0.2, 0.25) is 0 Å². The molecule has 0 aromatic heterocycles. The molecule has 3 aromatic carbocycles. The summed E-state index contributed by atoms with van der Waals surface area (Å²) in [5.41, 5.74) is 10.3. The predicted octanol–water partition coefficient (Wildman–Crippen LogP) is 10.1. The third kappa shape index (κ3) is 4.66. The van der Waals surface area contributed by atoms with Gasteiger partial charge in [-0.3, -0.25) is 0 Å². The molecule has 0 nitrogen and oxygen atoms in total. The maximum atomic E-state index is 2.49. The molecule has 0 heterocycles. The Bertz CT molecular complexity index is 1370. The first-order valence-electron chi connectivity index (χ1n) is 14.3. The van der Waals surface area contributed by atoms with Crippen LogP contribution in [-0.2, 0) is 12.8 Å². The van der Waals surface area contributed by atoms with E-state index in [1.807, 2.05) is 0 Å². The molecule has 194 valence electrons. The highest BCUT2D eigenvalue weighted by atomic mass is 14.6. The van der Waals surface area contributed by atoms with Crippen molar-refractivity contribution in [2.75, 3.05) is 0 Å². The summed E-state index contributed by atoms with van der Waals surface area (Å²) < 4.78 is 0. The first-order chi connectivity index (χ1) is 18.4. The van der Waals surface area contributed by atoms with Crippen LogP contribution in [-0.4, -0.2) is 0 Å². The van der Waals surface area contributed by atoms with Gasteiger partial charge in [-0.15, -0.1) is 0 Å². The van der Waals surface area contributed by atoms with Gasteiger partial charge >= 0.3 is 0 Å². The number of rotatable bonds is 7. The molecule has 2 aliphatic rings. The lowest BCUT2D eigenvalue weighted by atomic mass is 9.48. The van der Waals surface area contributed by atoms with Crippen molar-refractivity contribution in [1.29, 1.82) is 0 Å². The van der Waals surface area contributed by atoms with E-state index in [9.17, 15) is 0 Å². The first kappa shape index (κ1) is 26.2. The summed E-state index contributed by atoms with van der Waals surface area (Å²) in [6.45, 7) is 12.1. The van der Waals surface area contributed by atoms with Gasteiger partial charge in [0.15, 0.2) is 0 Å². The number of benzene rings is 3. The van der Waals surface area contributed by atoms with Crippen molar-refractivity contribution in [3.63, 3.8) is 0 Å². The fourth-order valence-corrected chi connectivity index (χ4v) is 7.46. The SMILES string of the molecule is CC1=C(C)C(c2ccccc2)C(CCc2ccccc2)(Cc2ccccc2)C(C2(C)C=CC=CC2C)=C1C. The van der Waals surface area contributed by atoms with E-state index < -0.39 is 0 Å². The maximum Gasteiger partial charge on any atom is 0.0149 e. The minimum atomic E-state index is -0.0647. The Morgan fingerprint density at radius 2 is 1.26 bits per heavy atom. The molecule has 0 heteroatoms. The van der Waals surface area contributed by atoms with Gasteiger partial charge in [-0.25, -0.2) is 0 Å². The Balaban J connectivity index is 1.80. The lowest BCUT2D eigenvalue weighted by Crippen LogP contribution is -2.45. The van der Waals surface area contributed by atoms with Crippen LogP contribution in [0.2, 0.25) is 0 Å². The molecule has 0 spiro atoms. The highest BCUT2D eigenvalue weighted by Crippen LogP contribution is 2.63. The molecule has 0 bridgehead atoms. The maximum absolute atomic E-state index is 2.49. The van der Waals surface area contributed by atoms with Crippen LogP contribution in [0.15, 0.2) is 138 Å². The normalized spacial score (nSPS) is 27.2. The van der Waals surface area contributed by atoms with E-state index in [1.165, 1.54) is 33.4 Å². The van der Waals surface area contributed by atoms with Gasteiger partial charge in [-0.1, -0.05) is 135 Å². The Labute approximate surface area is 230 Å². The zero-order valence-electron chi connectivity index (χ0n) is 23.7. The van der Waals surface area contributed by atoms with Crippen molar-refractivity contribution >= 4 is 0 Å². The van der Waals surface area contributed by atoms with Crippen molar-refractivity contribution in [3.05, 3.63) is 154 Å². The summed E-state index contributed by atoms with van der Waals surface area (Å²) in [6, 6.07) is 33.7. The van der Waals surface area contributed by atoms with E-state index in [0.717, 1.165) is 19.3 Å². The Morgan fingerprint density at radius 1 is 0.684 bits per heavy atom. The standard InChI is InChI=1S/C38H42/c1-28-17-15-16-25-37(28,5)36-31(4)29(2)30(3)35(34-22-13-8-14-23-34)38(36,27-33-20-11-7-12-21-33)26-24-32-18-9-6-10-19-32/h6-23,25,28,35H,24,26-27H2,1-5H3. The molecule has 2 aliphatic carbocycles. The van der Waals surface area contributed by atoms with Crippen molar-refractivity contribution in [3.8, 4) is 0 Å². The molecule has 38 heavy (non-hydrogen) atoms. The Hall–Kier alpha value is -3.38. The Morgan fingerprint density at radius 3 is 1.87 bits per heavy atom. The smallest absolute Gasteiger partial charge is 0.0149 e. The monoisotopic (exact) mass is 498 g/mol. The van der Waals surface area contributed by atoms with Crippen LogP contribution < -0.4 is 0 Å². The zero-order valence-corrected chi connectivity index (χ0v) is 23.7. The molecule has 0 N–H and O–H groups in total. The molecular weight excluding hydrogens is 456 g/mol. The minimum absolute atomic E-state index is 0.0563. The van der Waals surface area contributed by atoms with Gasteiger partial charge in [-0.2, -0.15) is 0 Å². The number of allylic oxidation sites excluding steroid dienone is 8. The molecular formula is C38H42. The van der Waals surface area contributed by atoms with Crippen molar-refractivity contribution in [1.82, 2.24) is 0 Å². The fraction of sp³-hybridized carbons (Fsp3) is 0.316. The summed E-state index contributed by atoms with van der Waals surface area (Å²) in [5, 5.41) is 0. The van der Waals surface area contributed by atoms with Crippen molar-refractivity contribution in [2.24, 2.45) is 16.7 Å². The molecule has 4 atom stereocenters. The van der Waals surface area contributed by atoms with Crippen LogP contribution in [0.1, 0.15) is 63.6 Å². The van der Waals surface area contributed by atoms with E-state index >= 15 is 0 Å². The molecule has 5 rings (SSSR count). The molecule has 0 saturated carbocycles. The van der Waals surface area contributed by atoms with E-state index in [2.05, 4.69) is 150 Å². The second kappa shape index (κ2) is 10.8.